The van der Waals surface area contributed by atoms with Crippen molar-refractivity contribution < 1.29 is 0 Å². The molecule has 1 heterocycles. The van der Waals surface area contributed by atoms with Gasteiger partial charge in [-0.3, -0.25) is 0 Å². The molecule has 0 amide bonds. The minimum absolute atomic E-state index is 0.532. The Hall–Kier alpha value is -1.47. The quantitative estimate of drug-likeness (QED) is 0.689. The van der Waals surface area contributed by atoms with Crippen molar-refractivity contribution in [3.8, 4) is 6.07 Å². The van der Waals surface area contributed by atoms with Gasteiger partial charge in [0.05, 0.1) is 11.8 Å². The predicted molar refractivity (Wildman–Crippen MR) is 48.7 cm³/mol. The Labute approximate surface area is 77.6 Å². The van der Waals surface area contributed by atoms with Crippen LogP contribution in [0.2, 0.25) is 0 Å². The zero-order valence-corrected chi connectivity index (χ0v) is 7.62. The molecule has 0 atom stereocenters. The van der Waals surface area contributed by atoms with E-state index in [1.54, 1.807) is 6.20 Å². The summed E-state index contributed by atoms with van der Waals surface area (Å²) in [7, 11) is 0. The minimum atomic E-state index is 0.532. The van der Waals surface area contributed by atoms with Crippen LogP contribution in [-0.2, 0) is 6.54 Å². The molecule has 4 heteroatoms. The Bertz CT molecular complexity index is 303. The summed E-state index contributed by atoms with van der Waals surface area (Å²) in [6.45, 7) is 3.27. The minimum Gasteiger partial charge on any atom is -0.310 e. The molecule has 1 rings (SSSR count). The molecule has 1 aromatic rings. The number of nitriles is 1. The van der Waals surface area contributed by atoms with E-state index in [0.717, 1.165) is 11.5 Å². The van der Waals surface area contributed by atoms with E-state index in [9.17, 15) is 0 Å². The largest absolute Gasteiger partial charge is 0.310 e. The van der Waals surface area contributed by atoms with E-state index in [1.165, 1.54) is 0 Å². The predicted octanol–water partition coefficient (Wildman–Crippen LogP) is 0.788. The smallest absolute Gasteiger partial charge is 0.125 e. The van der Waals surface area contributed by atoms with Gasteiger partial charge in [0, 0.05) is 25.7 Å². The Morgan fingerprint density at radius 3 is 3.15 bits per heavy atom. The van der Waals surface area contributed by atoms with E-state index >= 15 is 0 Å². The van der Waals surface area contributed by atoms with Crippen LogP contribution in [0.5, 0.6) is 0 Å². The van der Waals surface area contributed by atoms with Crippen LogP contribution in [0.4, 0.5) is 0 Å². The third-order valence-electron chi connectivity index (χ3n) is 1.55. The number of hydrogen-bond acceptors (Lipinski definition) is 4. The first-order valence-corrected chi connectivity index (χ1v) is 4.19. The van der Waals surface area contributed by atoms with Gasteiger partial charge >= 0.3 is 0 Å². The molecule has 0 fully saturated rings. The summed E-state index contributed by atoms with van der Waals surface area (Å²) in [4.78, 5) is 8.21. The van der Waals surface area contributed by atoms with Crippen molar-refractivity contribution in [2.24, 2.45) is 0 Å². The fourth-order valence-electron chi connectivity index (χ4n) is 0.964. The van der Waals surface area contributed by atoms with Gasteiger partial charge in [0.15, 0.2) is 0 Å². The Balaban J connectivity index is 2.33. The Kier molecular flexibility index (Phi) is 3.86. The van der Waals surface area contributed by atoms with Crippen LogP contribution in [0, 0.1) is 18.3 Å². The van der Waals surface area contributed by atoms with E-state index in [4.69, 9.17) is 5.26 Å². The summed E-state index contributed by atoms with van der Waals surface area (Å²) in [6.07, 6.45) is 2.27. The number of aromatic nitrogens is 2. The second kappa shape index (κ2) is 5.22. The Morgan fingerprint density at radius 2 is 2.46 bits per heavy atom. The monoisotopic (exact) mass is 176 g/mol. The number of rotatable bonds is 4. The fraction of sp³-hybridized carbons (Fsp3) is 0.444. The molecule has 0 spiro atoms. The standard InChI is InChI=1S/C9H12N4/c1-8-12-6-3-9(13-8)7-11-5-2-4-10/h3,6,11H,2,5,7H2,1H3. The molecular weight excluding hydrogens is 164 g/mol. The highest BCUT2D eigenvalue weighted by molar-refractivity contribution is 5.00. The van der Waals surface area contributed by atoms with Crippen molar-refractivity contribution in [3.05, 3.63) is 23.8 Å². The lowest BCUT2D eigenvalue weighted by molar-refractivity contribution is 0.681. The zero-order valence-electron chi connectivity index (χ0n) is 7.62. The highest BCUT2D eigenvalue weighted by atomic mass is 14.9. The number of hydrogen-bond donors (Lipinski definition) is 1. The van der Waals surface area contributed by atoms with Gasteiger partial charge in [-0.15, -0.1) is 0 Å². The molecule has 1 N–H and O–H groups in total. The van der Waals surface area contributed by atoms with Gasteiger partial charge < -0.3 is 5.32 Å². The van der Waals surface area contributed by atoms with Gasteiger partial charge in [-0.25, -0.2) is 9.97 Å². The molecule has 0 aromatic carbocycles. The van der Waals surface area contributed by atoms with Crippen LogP contribution in [0.3, 0.4) is 0 Å². The van der Waals surface area contributed by atoms with Crippen molar-refractivity contribution in [1.82, 2.24) is 15.3 Å². The molecule has 0 radical (unpaired) electrons. The lowest BCUT2D eigenvalue weighted by Crippen LogP contribution is -2.15. The number of nitrogens with zero attached hydrogens (tertiary/aromatic N) is 3. The van der Waals surface area contributed by atoms with Crippen LogP contribution >= 0.6 is 0 Å². The van der Waals surface area contributed by atoms with Gasteiger partial charge in [0.2, 0.25) is 0 Å². The average molecular weight is 176 g/mol. The number of aryl methyl sites for hydroxylation is 1. The molecule has 0 saturated heterocycles. The van der Waals surface area contributed by atoms with Crippen LogP contribution in [0.25, 0.3) is 0 Å². The maximum atomic E-state index is 8.29. The number of nitrogens with one attached hydrogen (secondary N) is 1. The van der Waals surface area contributed by atoms with Crippen LogP contribution in [-0.4, -0.2) is 16.5 Å². The molecule has 0 aliphatic heterocycles. The third-order valence-corrected chi connectivity index (χ3v) is 1.55. The Morgan fingerprint density at radius 1 is 1.62 bits per heavy atom. The third kappa shape index (κ3) is 3.63. The summed E-state index contributed by atoms with van der Waals surface area (Å²) < 4.78 is 0. The first-order chi connectivity index (χ1) is 6.33. The van der Waals surface area contributed by atoms with Crippen molar-refractivity contribution in [3.63, 3.8) is 0 Å². The van der Waals surface area contributed by atoms with E-state index < -0.39 is 0 Å². The van der Waals surface area contributed by atoms with Crippen molar-refractivity contribution in [1.29, 1.82) is 5.26 Å². The van der Waals surface area contributed by atoms with E-state index in [-0.39, 0.29) is 0 Å². The van der Waals surface area contributed by atoms with Crippen molar-refractivity contribution >= 4 is 0 Å². The maximum Gasteiger partial charge on any atom is 0.125 e. The van der Waals surface area contributed by atoms with Gasteiger partial charge in [0.1, 0.15) is 5.82 Å². The van der Waals surface area contributed by atoms with E-state index in [2.05, 4.69) is 21.4 Å². The second-order valence-corrected chi connectivity index (χ2v) is 2.68. The average Bonchev–Trinajstić information content (AvgIpc) is 2.13. The van der Waals surface area contributed by atoms with Gasteiger partial charge in [-0.05, 0) is 13.0 Å². The van der Waals surface area contributed by atoms with Gasteiger partial charge in [-0.2, -0.15) is 5.26 Å². The van der Waals surface area contributed by atoms with Crippen LogP contribution < -0.4 is 5.32 Å². The van der Waals surface area contributed by atoms with Gasteiger partial charge in [0.25, 0.3) is 0 Å². The second-order valence-electron chi connectivity index (χ2n) is 2.68. The zero-order chi connectivity index (χ0) is 9.52. The summed E-state index contributed by atoms with van der Waals surface area (Å²) >= 11 is 0. The maximum absolute atomic E-state index is 8.29. The molecular formula is C9H12N4. The molecule has 0 aliphatic rings. The molecule has 0 aliphatic carbocycles. The fourth-order valence-corrected chi connectivity index (χ4v) is 0.964. The SMILES string of the molecule is Cc1nccc(CNCCC#N)n1. The lowest BCUT2D eigenvalue weighted by atomic mass is 10.4. The molecule has 0 saturated carbocycles. The van der Waals surface area contributed by atoms with Crippen LogP contribution in [0.1, 0.15) is 17.9 Å². The van der Waals surface area contributed by atoms with E-state index in [0.29, 0.717) is 19.5 Å². The topological polar surface area (TPSA) is 61.6 Å². The van der Waals surface area contributed by atoms with Crippen LogP contribution in [0.15, 0.2) is 12.3 Å². The first-order valence-electron chi connectivity index (χ1n) is 4.19. The highest BCUT2D eigenvalue weighted by Crippen LogP contribution is 1.93. The van der Waals surface area contributed by atoms with E-state index in [1.807, 2.05) is 13.0 Å². The molecule has 0 unspecified atom stereocenters. The molecule has 13 heavy (non-hydrogen) atoms. The first kappa shape index (κ1) is 9.62. The summed E-state index contributed by atoms with van der Waals surface area (Å²) in [6, 6.07) is 3.94. The molecule has 0 bridgehead atoms. The van der Waals surface area contributed by atoms with Crippen molar-refractivity contribution in [2.45, 2.75) is 19.9 Å². The van der Waals surface area contributed by atoms with Crippen molar-refractivity contribution in [2.75, 3.05) is 6.54 Å². The molecule has 68 valence electrons. The summed E-state index contributed by atoms with van der Waals surface area (Å²) in [5.74, 6) is 0.777. The molecule has 4 nitrogen and oxygen atoms in total. The summed E-state index contributed by atoms with van der Waals surface area (Å²) in [5.41, 5.74) is 0.963. The normalized spacial score (nSPS) is 9.54. The lowest BCUT2D eigenvalue weighted by Gasteiger charge is -2.01. The van der Waals surface area contributed by atoms with Gasteiger partial charge in [-0.1, -0.05) is 0 Å². The summed E-state index contributed by atoms with van der Waals surface area (Å²) in [5, 5.41) is 11.4. The highest BCUT2D eigenvalue weighted by Gasteiger charge is 1.93. The molecule has 1 aromatic heterocycles.